The van der Waals surface area contributed by atoms with Gasteiger partial charge in [0.1, 0.15) is 22.8 Å². The summed E-state index contributed by atoms with van der Waals surface area (Å²) in [6, 6.07) is 9.15. The van der Waals surface area contributed by atoms with Gasteiger partial charge < -0.3 is 9.47 Å². The van der Waals surface area contributed by atoms with Crippen LogP contribution in [0.3, 0.4) is 0 Å². The summed E-state index contributed by atoms with van der Waals surface area (Å²) in [4.78, 5) is 35.2. The maximum Gasteiger partial charge on any atom is 0.271 e. The second-order valence-corrected chi connectivity index (χ2v) is 8.11. The van der Waals surface area contributed by atoms with Gasteiger partial charge in [0.25, 0.3) is 5.91 Å². The minimum absolute atomic E-state index is 0.0600. The Morgan fingerprint density at radius 2 is 2.11 bits per heavy atom. The number of imide groups is 1. The molecule has 2 aromatic heterocycles. The van der Waals surface area contributed by atoms with Crippen LogP contribution in [-0.2, 0) is 16.0 Å². The highest BCUT2D eigenvalue weighted by Gasteiger charge is 2.28. The summed E-state index contributed by atoms with van der Waals surface area (Å²) in [6.07, 6.45) is 1.56. The molecule has 0 bridgehead atoms. The number of amides is 2. The average molecular weight is 415 g/mol. The third-order valence-corrected chi connectivity index (χ3v) is 6.29. The first-order valence-electron chi connectivity index (χ1n) is 8.72. The highest BCUT2D eigenvalue weighted by Crippen LogP contribution is 2.32. The van der Waals surface area contributed by atoms with Crippen LogP contribution in [0.2, 0.25) is 0 Å². The summed E-state index contributed by atoms with van der Waals surface area (Å²) in [5.74, 6) is 0.220. The first-order chi connectivity index (χ1) is 13.6. The number of nitrogens with zero attached hydrogens (tertiary/aromatic N) is 2. The molecular formula is C19H17N3O4S2. The predicted octanol–water partition coefficient (Wildman–Crippen LogP) is 2.83. The second kappa shape index (κ2) is 8.15. The normalized spacial score (nSPS) is 15.4. The van der Waals surface area contributed by atoms with E-state index in [4.69, 9.17) is 9.47 Å². The van der Waals surface area contributed by atoms with Crippen molar-refractivity contribution in [2.45, 2.75) is 24.5 Å². The predicted molar refractivity (Wildman–Crippen MR) is 107 cm³/mol. The average Bonchev–Trinajstić information content (AvgIpc) is 3.16. The third kappa shape index (κ3) is 3.95. The van der Waals surface area contributed by atoms with Crippen LogP contribution in [0.1, 0.15) is 11.8 Å². The number of hydrogen-bond acceptors (Lipinski definition) is 8. The molecule has 0 unspecified atom stereocenters. The SMILES string of the molecule is CCc1cc2c(SCC(=O)NC(=O)[C@@H]3COc4ccccc4O3)ncnc2s1. The Balaban J connectivity index is 1.35. The number of aryl methyl sites for hydroxylation is 1. The molecule has 0 fully saturated rings. The Kier molecular flexibility index (Phi) is 5.45. The maximum atomic E-state index is 12.3. The van der Waals surface area contributed by atoms with Crippen LogP contribution in [0.4, 0.5) is 0 Å². The number of hydrogen-bond donors (Lipinski definition) is 1. The summed E-state index contributed by atoms with van der Waals surface area (Å²) >= 11 is 2.90. The number of thioether (sulfide) groups is 1. The minimum Gasteiger partial charge on any atom is -0.485 e. The molecule has 1 aliphatic heterocycles. The summed E-state index contributed by atoms with van der Waals surface area (Å²) in [5.41, 5.74) is 0. The van der Waals surface area contributed by atoms with Gasteiger partial charge in [-0.25, -0.2) is 9.97 Å². The smallest absolute Gasteiger partial charge is 0.271 e. The van der Waals surface area contributed by atoms with Crippen LogP contribution in [0.5, 0.6) is 11.5 Å². The van der Waals surface area contributed by atoms with Gasteiger partial charge >= 0.3 is 0 Å². The summed E-state index contributed by atoms with van der Waals surface area (Å²) in [6.45, 7) is 2.14. The zero-order valence-corrected chi connectivity index (χ0v) is 16.6. The monoisotopic (exact) mass is 415 g/mol. The zero-order chi connectivity index (χ0) is 19.5. The first-order valence-corrected chi connectivity index (χ1v) is 10.5. The molecule has 0 radical (unpaired) electrons. The van der Waals surface area contributed by atoms with Crippen molar-refractivity contribution in [2.24, 2.45) is 0 Å². The van der Waals surface area contributed by atoms with Gasteiger partial charge in [0, 0.05) is 10.3 Å². The van der Waals surface area contributed by atoms with Gasteiger partial charge in [-0.15, -0.1) is 11.3 Å². The molecule has 4 rings (SSSR count). The third-order valence-electron chi connectivity index (χ3n) is 4.10. The van der Waals surface area contributed by atoms with E-state index in [0.29, 0.717) is 11.5 Å². The van der Waals surface area contributed by atoms with Gasteiger partial charge in [-0.05, 0) is 24.6 Å². The molecule has 1 aromatic carbocycles. The van der Waals surface area contributed by atoms with Crippen LogP contribution in [0, 0.1) is 0 Å². The fraction of sp³-hybridized carbons (Fsp3) is 0.263. The number of rotatable bonds is 5. The van der Waals surface area contributed by atoms with E-state index < -0.39 is 17.9 Å². The molecule has 9 heteroatoms. The lowest BCUT2D eigenvalue weighted by atomic mass is 10.2. The van der Waals surface area contributed by atoms with Crippen molar-refractivity contribution in [1.29, 1.82) is 0 Å². The number of thiophene rings is 1. The topological polar surface area (TPSA) is 90.4 Å². The minimum atomic E-state index is -0.862. The molecule has 2 amide bonds. The summed E-state index contributed by atoms with van der Waals surface area (Å²) in [5, 5.41) is 4.04. The highest BCUT2D eigenvalue weighted by atomic mass is 32.2. The standard InChI is InChI=1S/C19H17N3O4S2/c1-2-11-7-12-18(20-10-21-19(12)28-11)27-9-16(23)22-17(24)15-8-25-13-5-3-4-6-14(13)26-15/h3-7,10,15H,2,8-9H2,1H3,(H,22,23,24)/t15-/m0/s1. The van der Waals surface area contributed by atoms with Gasteiger partial charge in [-0.1, -0.05) is 30.8 Å². The van der Waals surface area contributed by atoms with E-state index in [1.54, 1.807) is 29.5 Å². The molecule has 1 N–H and O–H groups in total. The number of nitrogens with one attached hydrogen (secondary N) is 1. The first kappa shape index (κ1) is 18.7. The van der Waals surface area contributed by atoms with Gasteiger partial charge in [-0.3, -0.25) is 14.9 Å². The molecular weight excluding hydrogens is 398 g/mol. The number of para-hydroxylation sites is 2. The van der Waals surface area contributed by atoms with Crippen LogP contribution >= 0.6 is 23.1 Å². The van der Waals surface area contributed by atoms with Crippen molar-refractivity contribution in [3.63, 3.8) is 0 Å². The van der Waals surface area contributed by atoms with E-state index in [0.717, 1.165) is 21.7 Å². The molecule has 28 heavy (non-hydrogen) atoms. The van der Waals surface area contributed by atoms with E-state index >= 15 is 0 Å². The molecule has 1 atom stereocenters. The second-order valence-electron chi connectivity index (χ2n) is 6.03. The zero-order valence-electron chi connectivity index (χ0n) is 15.0. The molecule has 3 heterocycles. The lowest BCUT2D eigenvalue weighted by Gasteiger charge is -2.25. The lowest BCUT2D eigenvalue weighted by molar-refractivity contribution is -0.135. The van der Waals surface area contributed by atoms with E-state index in [1.807, 2.05) is 6.07 Å². The van der Waals surface area contributed by atoms with Crippen molar-refractivity contribution >= 4 is 45.1 Å². The Hall–Kier alpha value is -2.65. The van der Waals surface area contributed by atoms with Gasteiger partial charge in [0.2, 0.25) is 12.0 Å². The molecule has 3 aromatic rings. The van der Waals surface area contributed by atoms with Gasteiger partial charge in [-0.2, -0.15) is 0 Å². The Morgan fingerprint density at radius 1 is 1.29 bits per heavy atom. The van der Waals surface area contributed by atoms with Crippen LogP contribution < -0.4 is 14.8 Å². The van der Waals surface area contributed by atoms with Gasteiger partial charge in [0.05, 0.1) is 5.75 Å². The van der Waals surface area contributed by atoms with Crippen LogP contribution in [0.25, 0.3) is 10.2 Å². The molecule has 0 saturated heterocycles. The number of fused-ring (bicyclic) bond motifs is 2. The Labute approximate surface area is 169 Å². The number of carbonyl (C=O) groups is 2. The van der Waals surface area contributed by atoms with Crippen molar-refractivity contribution in [2.75, 3.05) is 12.4 Å². The molecule has 144 valence electrons. The summed E-state index contributed by atoms with van der Waals surface area (Å²) in [7, 11) is 0. The number of ether oxygens (including phenoxy) is 2. The largest absolute Gasteiger partial charge is 0.485 e. The van der Waals surface area contributed by atoms with Crippen LogP contribution in [-0.4, -0.2) is 40.2 Å². The maximum absolute atomic E-state index is 12.3. The van der Waals surface area contributed by atoms with E-state index in [2.05, 4.69) is 28.3 Å². The van der Waals surface area contributed by atoms with Crippen molar-refractivity contribution in [3.05, 3.63) is 41.5 Å². The van der Waals surface area contributed by atoms with E-state index in [1.165, 1.54) is 23.0 Å². The van der Waals surface area contributed by atoms with Crippen molar-refractivity contribution in [1.82, 2.24) is 15.3 Å². The number of aromatic nitrogens is 2. The van der Waals surface area contributed by atoms with E-state index in [9.17, 15) is 9.59 Å². The van der Waals surface area contributed by atoms with Crippen LogP contribution in [0.15, 0.2) is 41.7 Å². The van der Waals surface area contributed by atoms with E-state index in [-0.39, 0.29) is 12.4 Å². The highest BCUT2D eigenvalue weighted by molar-refractivity contribution is 8.00. The molecule has 7 nitrogen and oxygen atoms in total. The quantitative estimate of drug-likeness (QED) is 0.506. The number of carbonyl (C=O) groups excluding carboxylic acids is 2. The molecule has 1 aliphatic rings. The number of benzene rings is 1. The Bertz CT molecular complexity index is 1040. The fourth-order valence-electron chi connectivity index (χ4n) is 2.71. The fourth-order valence-corrected chi connectivity index (χ4v) is 4.48. The lowest BCUT2D eigenvalue weighted by Crippen LogP contribution is -2.46. The van der Waals surface area contributed by atoms with Crippen molar-refractivity contribution < 1.29 is 19.1 Å². The van der Waals surface area contributed by atoms with Gasteiger partial charge in [0.15, 0.2) is 11.5 Å². The van der Waals surface area contributed by atoms with Crippen molar-refractivity contribution in [3.8, 4) is 11.5 Å². The molecule has 0 saturated carbocycles. The Morgan fingerprint density at radius 3 is 2.93 bits per heavy atom. The molecule has 0 aliphatic carbocycles. The molecule has 0 spiro atoms. The summed E-state index contributed by atoms with van der Waals surface area (Å²) < 4.78 is 11.1.